The van der Waals surface area contributed by atoms with Crippen LogP contribution in [0.5, 0.6) is 0 Å². The Kier molecular flexibility index (Phi) is 4.27. The van der Waals surface area contributed by atoms with Crippen molar-refractivity contribution in [2.45, 2.75) is 12.8 Å². The van der Waals surface area contributed by atoms with Gasteiger partial charge in [-0.25, -0.2) is 9.18 Å². The number of carboxylic acids is 1. The fourth-order valence-corrected chi connectivity index (χ4v) is 1.87. The molecule has 6 heteroatoms. The number of benzene rings is 1. The highest BCUT2D eigenvalue weighted by molar-refractivity contribution is 6.37. The summed E-state index contributed by atoms with van der Waals surface area (Å²) in [4.78, 5) is 33.3. The third-order valence-electron chi connectivity index (χ3n) is 2.90. The van der Waals surface area contributed by atoms with E-state index in [0.29, 0.717) is 11.1 Å². The van der Waals surface area contributed by atoms with Crippen LogP contribution in [-0.4, -0.2) is 22.6 Å². The molecule has 21 heavy (non-hydrogen) atoms. The Labute approximate surface area is 119 Å². The Bertz CT molecular complexity index is 702. The number of halogens is 1. The van der Waals surface area contributed by atoms with Crippen LogP contribution in [0.3, 0.4) is 0 Å². The highest BCUT2D eigenvalue weighted by Crippen LogP contribution is 2.19. The summed E-state index contributed by atoms with van der Waals surface area (Å²) < 4.78 is 18.6. The average molecular weight is 290 g/mol. The third kappa shape index (κ3) is 3.42. The summed E-state index contributed by atoms with van der Waals surface area (Å²) in [5.74, 6) is -4.16. The molecule has 0 amide bonds. The first-order chi connectivity index (χ1) is 9.99. The maximum Gasteiger partial charge on any atom is 0.372 e. The largest absolute Gasteiger partial charge is 0.475 e. The number of rotatable bonds is 6. The van der Waals surface area contributed by atoms with E-state index in [1.807, 2.05) is 0 Å². The maximum absolute atomic E-state index is 13.6. The van der Waals surface area contributed by atoms with Gasteiger partial charge in [0.15, 0.2) is 5.76 Å². The molecule has 0 bridgehead atoms. The number of carbonyl (C=O) groups is 3. The van der Waals surface area contributed by atoms with E-state index in [1.165, 1.54) is 18.4 Å². The van der Waals surface area contributed by atoms with Crippen molar-refractivity contribution in [2.75, 3.05) is 0 Å². The molecule has 2 rings (SSSR count). The molecule has 0 fully saturated rings. The molecule has 0 saturated carbocycles. The number of carbonyl (C=O) groups excluding carboxylic acids is 2. The second kappa shape index (κ2) is 6.13. The minimum Gasteiger partial charge on any atom is -0.475 e. The van der Waals surface area contributed by atoms with Crippen LogP contribution in [0.2, 0.25) is 0 Å². The van der Waals surface area contributed by atoms with E-state index in [9.17, 15) is 18.8 Å². The topological polar surface area (TPSA) is 84.6 Å². The molecule has 0 spiro atoms. The van der Waals surface area contributed by atoms with E-state index in [0.717, 1.165) is 0 Å². The zero-order valence-corrected chi connectivity index (χ0v) is 10.8. The van der Waals surface area contributed by atoms with Crippen molar-refractivity contribution in [2.24, 2.45) is 0 Å². The van der Waals surface area contributed by atoms with Crippen LogP contribution in [0.15, 0.2) is 41.0 Å². The van der Waals surface area contributed by atoms with Crippen molar-refractivity contribution in [1.29, 1.82) is 0 Å². The molecular formula is C15H11FO5. The van der Waals surface area contributed by atoms with Crippen LogP contribution in [0.4, 0.5) is 4.39 Å². The van der Waals surface area contributed by atoms with Crippen molar-refractivity contribution < 1.29 is 28.3 Å². The van der Waals surface area contributed by atoms with Gasteiger partial charge in [0, 0.05) is 12.0 Å². The quantitative estimate of drug-likeness (QED) is 0.501. The lowest BCUT2D eigenvalue weighted by Gasteiger charge is -2.03. The molecule has 1 aromatic heterocycles. The molecule has 0 aliphatic rings. The zero-order valence-electron chi connectivity index (χ0n) is 10.8. The minimum atomic E-state index is -1.68. The van der Waals surface area contributed by atoms with Crippen LogP contribution >= 0.6 is 0 Å². The summed E-state index contributed by atoms with van der Waals surface area (Å²) in [7, 11) is 0. The number of furan rings is 1. The van der Waals surface area contributed by atoms with Gasteiger partial charge in [-0.3, -0.25) is 9.59 Å². The van der Waals surface area contributed by atoms with E-state index in [-0.39, 0.29) is 12.2 Å². The molecule has 1 N–H and O–H groups in total. The molecule has 2 aromatic rings. The number of aliphatic carboxylic acids is 1. The normalized spacial score (nSPS) is 10.3. The fraction of sp³-hybridized carbons (Fsp3) is 0.133. The summed E-state index contributed by atoms with van der Waals surface area (Å²) in [6, 6.07) is 7.56. The molecule has 0 aliphatic carbocycles. The van der Waals surface area contributed by atoms with E-state index in [2.05, 4.69) is 0 Å². The average Bonchev–Trinajstić information content (AvgIpc) is 2.89. The number of hydrogen-bond acceptors (Lipinski definition) is 4. The summed E-state index contributed by atoms with van der Waals surface area (Å²) in [6.07, 6.45) is 0.577. The van der Waals surface area contributed by atoms with Gasteiger partial charge in [-0.2, -0.15) is 0 Å². The number of ketones is 2. The molecule has 108 valence electrons. The maximum atomic E-state index is 13.6. The lowest BCUT2D eigenvalue weighted by Crippen LogP contribution is -2.17. The highest BCUT2D eigenvalue weighted by atomic mass is 19.1. The number of carboxylic acid groups (broad SMARTS) is 1. The first-order valence-electron chi connectivity index (χ1n) is 6.08. The molecular weight excluding hydrogens is 279 g/mol. The van der Waals surface area contributed by atoms with E-state index in [1.54, 1.807) is 18.2 Å². The van der Waals surface area contributed by atoms with Crippen molar-refractivity contribution in [3.05, 3.63) is 59.3 Å². The second-order valence-corrected chi connectivity index (χ2v) is 4.37. The number of Topliss-reactive ketones (excluding diaryl/α,β-unsaturated/α-hetero) is 2. The van der Waals surface area contributed by atoms with Gasteiger partial charge in [-0.05, 0) is 17.7 Å². The van der Waals surface area contributed by atoms with Crippen LogP contribution in [0, 0.1) is 5.82 Å². The third-order valence-corrected chi connectivity index (χ3v) is 2.90. The van der Waals surface area contributed by atoms with Gasteiger partial charge < -0.3 is 9.52 Å². The minimum absolute atomic E-state index is 0.117. The highest BCUT2D eigenvalue weighted by Gasteiger charge is 2.22. The van der Waals surface area contributed by atoms with E-state index >= 15 is 0 Å². The summed E-state index contributed by atoms with van der Waals surface area (Å²) in [5.41, 5.74) is 0.779. The first-order valence-corrected chi connectivity index (χ1v) is 6.08. The lowest BCUT2D eigenvalue weighted by atomic mass is 10.0. The Morgan fingerprint density at radius 3 is 2.48 bits per heavy atom. The Balaban J connectivity index is 2.19. The summed E-state index contributed by atoms with van der Waals surface area (Å²) >= 11 is 0. The van der Waals surface area contributed by atoms with Crippen LogP contribution < -0.4 is 0 Å². The fourth-order valence-electron chi connectivity index (χ4n) is 1.87. The van der Waals surface area contributed by atoms with Gasteiger partial charge in [0.2, 0.25) is 11.6 Å². The Morgan fingerprint density at radius 2 is 1.81 bits per heavy atom. The lowest BCUT2D eigenvalue weighted by molar-refractivity contribution is -0.148. The monoisotopic (exact) mass is 290 g/mol. The SMILES string of the molecule is O=C(O)C(=O)CC(=O)c1occc1Cc1ccccc1F. The predicted molar refractivity (Wildman–Crippen MR) is 69.5 cm³/mol. The molecule has 0 saturated heterocycles. The molecule has 1 heterocycles. The van der Waals surface area contributed by atoms with Gasteiger partial charge in [0.25, 0.3) is 0 Å². The van der Waals surface area contributed by atoms with Gasteiger partial charge in [0.05, 0.1) is 12.7 Å². The van der Waals surface area contributed by atoms with Gasteiger partial charge in [0.1, 0.15) is 5.82 Å². The van der Waals surface area contributed by atoms with E-state index < -0.39 is 29.8 Å². The molecule has 0 radical (unpaired) electrons. The van der Waals surface area contributed by atoms with Gasteiger partial charge in [-0.15, -0.1) is 0 Å². The predicted octanol–water partition coefficient (Wildman–Crippen LogP) is 2.24. The van der Waals surface area contributed by atoms with Crippen molar-refractivity contribution >= 4 is 17.5 Å². The van der Waals surface area contributed by atoms with Crippen LogP contribution in [0.1, 0.15) is 28.1 Å². The zero-order chi connectivity index (χ0) is 15.4. The van der Waals surface area contributed by atoms with Gasteiger partial charge in [-0.1, -0.05) is 18.2 Å². The standard InChI is InChI=1S/C15H11FO5/c16-11-4-2-1-3-9(11)7-10-5-6-21-14(10)12(17)8-13(18)15(19)20/h1-6H,7-8H2,(H,19,20). The van der Waals surface area contributed by atoms with Gasteiger partial charge >= 0.3 is 5.97 Å². The summed E-state index contributed by atoms with van der Waals surface area (Å²) in [5, 5.41) is 8.49. The smallest absolute Gasteiger partial charge is 0.372 e. The molecule has 0 unspecified atom stereocenters. The molecule has 1 aromatic carbocycles. The molecule has 0 aliphatic heterocycles. The first kappa shape index (κ1) is 14.6. The Morgan fingerprint density at radius 1 is 1.10 bits per heavy atom. The van der Waals surface area contributed by atoms with Crippen molar-refractivity contribution in [1.82, 2.24) is 0 Å². The second-order valence-electron chi connectivity index (χ2n) is 4.37. The number of hydrogen-bond donors (Lipinski definition) is 1. The van der Waals surface area contributed by atoms with Crippen LogP contribution in [0.25, 0.3) is 0 Å². The van der Waals surface area contributed by atoms with Crippen molar-refractivity contribution in [3.8, 4) is 0 Å². The van der Waals surface area contributed by atoms with Crippen molar-refractivity contribution in [3.63, 3.8) is 0 Å². The molecule has 5 nitrogen and oxygen atoms in total. The Hall–Kier alpha value is -2.76. The summed E-state index contributed by atoms with van der Waals surface area (Å²) in [6.45, 7) is 0. The van der Waals surface area contributed by atoms with Crippen LogP contribution in [-0.2, 0) is 16.0 Å². The van der Waals surface area contributed by atoms with E-state index in [4.69, 9.17) is 9.52 Å². The molecule has 0 atom stereocenters.